The third-order valence-corrected chi connectivity index (χ3v) is 5.68. The van der Waals surface area contributed by atoms with E-state index in [1.54, 1.807) is 6.07 Å². The smallest absolute Gasteiger partial charge is 0.274 e. The molecule has 1 aliphatic rings. The van der Waals surface area contributed by atoms with Gasteiger partial charge in [-0.3, -0.25) is 0 Å². The van der Waals surface area contributed by atoms with Gasteiger partial charge in [0.15, 0.2) is 0 Å². The zero-order valence-corrected chi connectivity index (χ0v) is 14.4. The lowest BCUT2D eigenvalue weighted by atomic mass is 10.1. The Labute approximate surface area is 131 Å². The average molecular weight is 332 g/mol. The molecule has 0 aliphatic carbocycles. The molecule has 0 spiro atoms. The van der Waals surface area contributed by atoms with Crippen LogP contribution in [-0.4, -0.2) is 31.5 Å². The number of sulfonamides is 1. The second-order valence-electron chi connectivity index (χ2n) is 6.33. The standard InChI is InChI=1S/C14H24N2O3S2/c1-14(2,3)15-10-12-4-5-13(19-12)21(17,18)16-11-6-8-20-9-7-11/h4-5,11,15-16H,6-10H2,1-3H3. The summed E-state index contributed by atoms with van der Waals surface area (Å²) >= 11 is 1.87. The topological polar surface area (TPSA) is 71.3 Å². The summed E-state index contributed by atoms with van der Waals surface area (Å²) in [6, 6.07) is 3.27. The van der Waals surface area contributed by atoms with E-state index in [4.69, 9.17) is 4.42 Å². The molecule has 1 aromatic heterocycles. The van der Waals surface area contributed by atoms with E-state index in [9.17, 15) is 8.42 Å². The van der Waals surface area contributed by atoms with E-state index in [1.165, 1.54) is 6.07 Å². The highest BCUT2D eigenvalue weighted by Gasteiger charge is 2.24. The molecule has 0 aromatic carbocycles. The fourth-order valence-corrected chi connectivity index (χ4v) is 4.40. The summed E-state index contributed by atoms with van der Waals surface area (Å²) in [6.07, 6.45) is 1.76. The normalized spacial score (nSPS) is 18.0. The summed E-state index contributed by atoms with van der Waals surface area (Å²) in [6.45, 7) is 6.67. The Morgan fingerprint density at radius 2 is 1.95 bits per heavy atom. The van der Waals surface area contributed by atoms with E-state index in [0.717, 1.165) is 24.3 Å². The van der Waals surface area contributed by atoms with E-state index in [-0.39, 0.29) is 16.7 Å². The van der Waals surface area contributed by atoms with Crippen molar-refractivity contribution in [3.8, 4) is 0 Å². The summed E-state index contributed by atoms with van der Waals surface area (Å²) < 4.78 is 32.8. The van der Waals surface area contributed by atoms with Crippen LogP contribution in [0.3, 0.4) is 0 Å². The fraction of sp³-hybridized carbons (Fsp3) is 0.714. The molecule has 2 heterocycles. The molecule has 0 amide bonds. The highest BCUT2D eigenvalue weighted by Crippen LogP contribution is 2.20. The van der Waals surface area contributed by atoms with Gasteiger partial charge < -0.3 is 9.73 Å². The molecule has 0 radical (unpaired) electrons. The van der Waals surface area contributed by atoms with Crippen molar-refractivity contribution in [1.82, 2.24) is 10.0 Å². The summed E-state index contributed by atoms with van der Waals surface area (Å²) in [5.74, 6) is 2.64. The van der Waals surface area contributed by atoms with Crippen LogP contribution >= 0.6 is 11.8 Å². The van der Waals surface area contributed by atoms with Gasteiger partial charge >= 0.3 is 0 Å². The lowest BCUT2D eigenvalue weighted by molar-refractivity contribution is 0.358. The highest BCUT2D eigenvalue weighted by atomic mass is 32.2. The van der Waals surface area contributed by atoms with Crippen molar-refractivity contribution in [2.24, 2.45) is 0 Å². The SMILES string of the molecule is CC(C)(C)NCc1ccc(S(=O)(=O)NC2CCSCC2)o1. The van der Waals surface area contributed by atoms with Gasteiger partial charge in [0.25, 0.3) is 10.0 Å². The Bertz CT molecular complexity index is 555. The first-order valence-corrected chi connectivity index (χ1v) is 9.84. The number of hydrogen-bond donors (Lipinski definition) is 2. The third kappa shape index (κ3) is 5.32. The number of thioether (sulfide) groups is 1. The molecule has 0 unspecified atom stereocenters. The molecule has 2 N–H and O–H groups in total. The van der Waals surface area contributed by atoms with Crippen molar-refractivity contribution in [2.75, 3.05) is 11.5 Å². The molecule has 2 rings (SSSR count). The van der Waals surface area contributed by atoms with Crippen LogP contribution in [0.1, 0.15) is 39.4 Å². The van der Waals surface area contributed by atoms with E-state index in [0.29, 0.717) is 12.3 Å². The van der Waals surface area contributed by atoms with E-state index >= 15 is 0 Å². The zero-order valence-electron chi connectivity index (χ0n) is 12.8. The van der Waals surface area contributed by atoms with Gasteiger partial charge in [-0.25, -0.2) is 13.1 Å². The Hall–Kier alpha value is -0.500. The van der Waals surface area contributed by atoms with Crippen molar-refractivity contribution < 1.29 is 12.8 Å². The van der Waals surface area contributed by atoms with Crippen LogP contribution < -0.4 is 10.0 Å². The maximum absolute atomic E-state index is 12.3. The van der Waals surface area contributed by atoms with Crippen molar-refractivity contribution in [2.45, 2.75) is 56.8 Å². The second-order valence-corrected chi connectivity index (χ2v) is 9.20. The van der Waals surface area contributed by atoms with Crippen LogP contribution in [0.4, 0.5) is 0 Å². The van der Waals surface area contributed by atoms with Gasteiger partial charge in [0.2, 0.25) is 5.09 Å². The predicted octanol–water partition coefficient (Wildman–Crippen LogP) is 2.34. The number of rotatable bonds is 5. The number of hydrogen-bond acceptors (Lipinski definition) is 5. The summed E-state index contributed by atoms with van der Waals surface area (Å²) in [5, 5.41) is 3.28. The molecule has 1 fully saturated rings. The predicted molar refractivity (Wildman–Crippen MR) is 86.0 cm³/mol. The van der Waals surface area contributed by atoms with Gasteiger partial charge in [-0.05, 0) is 57.3 Å². The monoisotopic (exact) mass is 332 g/mol. The van der Waals surface area contributed by atoms with Crippen LogP contribution in [0.2, 0.25) is 0 Å². The van der Waals surface area contributed by atoms with Crippen LogP contribution in [0, 0.1) is 0 Å². The number of nitrogens with one attached hydrogen (secondary N) is 2. The van der Waals surface area contributed by atoms with Crippen molar-refractivity contribution in [3.05, 3.63) is 17.9 Å². The van der Waals surface area contributed by atoms with Crippen LogP contribution in [0.15, 0.2) is 21.6 Å². The van der Waals surface area contributed by atoms with E-state index in [2.05, 4.69) is 30.8 Å². The zero-order chi connectivity index (χ0) is 15.5. The molecule has 1 aromatic rings. The van der Waals surface area contributed by atoms with Gasteiger partial charge in [0.1, 0.15) is 5.76 Å². The van der Waals surface area contributed by atoms with Crippen molar-refractivity contribution in [1.29, 1.82) is 0 Å². The van der Waals surface area contributed by atoms with Gasteiger partial charge in [-0.15, -0.1) is 0 Å². The Balaban J connectivity index is 1.98. The Morgan fingerprint density at radius 3 is 2.57 bits per heavy atom. The van der Waals surface area contributed by atoms with Gasteiger partial charge in [-0.1, -0.05) is 0 Å². The molecule has 5 nitrogen and oxygen atoms in total. The number of furan rings is 1. The molecule has 7 heteroatoms. The molecule has 1 saturated heterocycles. The van der Waals surface area contributed by atoms with Crippen LogP contribution in [-0.2, 0) is 16.6 Å². The molecule has 21 heavy (non-hydrogen) atoms. The van der Waals surface area contributed by atoms with Gasteiger partial charge in [0, 0.05) is 11.6 Å². The lowest BCUT2D eigenvalue weighted by Crippen LogP contribution is -2.37. The quantitative estimate of drug-likeness (QED) is 0.866. The second kappa shape index (κ2) is 6.73. The molecule has 0 bridgehead atoms. The summed E-state index contributed by atoms with van der Waals surface area (Å²) in [4.78, 5) is 0. The third-order valence-electron chi connectivity index (χ3n) is 3.24. The molecule has 1 aliphatic heterocycles. The highest BCUT2D eigenvalue weighted by molar-refractivity contribution is 7.99. The largest absolute Gasteiger partial charge is 0.447 e. The maximum Gasteiger partial charge on any atom is 0.274 e. The lowest BCUT2D eigenvalue weighted by Gasteiger charge is -2.21. The Kier molecular flexibility index (Phi) is 5.40. The first kappa shape index (κ1) is 16.9. The van der Waals surface area contributed by atoms with Crippen LogP contribution in [0.25, 0.3) is 0 Å². The minimum atomic E-state index is -3.55. The summed E-state index contributed by atoms with van der Waals surface area (Å²) in [7, 11) is -3.55. The first-order chi connectivity index (χ1) is 9.76. The fourth-order valence-electron chi connectivity index (χ4n) is 2.04. The van der Waals surface area contributed by atoms with Crippen LogP contribution in [0.5, 0.6) is 0 Å². The molecule has 120 valence electrons. The molecular weight excluding hydrogens is 308 g/mol. The molecule has 0 saturated carbocycles. The maximum atomic E-state index is 12.3. The minimum Gasteiger partial charge on any atom is -0.447 e. The van der Waals surface area contributed by atoms with E-state index < -0.39 is 10.0 Å². The van der Waals surface area contributed by atoms with Gasteiger partial charge in [0.05, 0.1) is 6.54 Å². The Morgan fingerprint density at radius 1 is 1.29 bits per heavy atom. The molecule has 0 atom stereocenters. The molecular formula is C14H24N2O3S2. The summed E-state index contributed by atoms with van der Waals surface area (Å²) in [5.41, 5.74) is -0.0379. The van der Waals surface area contributed by atoms with Crippen molar-refractivity contribution in [3.63, 3.8) is 0 Å². The van der Waals surface area contributed by atoms with E-state index in [1.807, 2.05) is 11.8 Å². The first-order valence-electron chi connectivity index (χ1n) is 7.20. The average Bonchev–Trinajstić information content (AvgIpc) is 2.86. The van der Waals surface area contributed by atoms with Gasteiger partial charge in [-0.2, -0.15) is 11.8 Å². The van der Waals surface area contributed by atoms with Crippen molar-refractivity contribution >= 4 is 21.8 Å². The minimum absolute atomic E-state index is 0.00596.